The minimum Gasteiger partial charge on any atom is -0.398 e. The Labute approximate surface area is 103 Å². The molecule has 0 aliphatic rings. The van der Waals surface area contributed by atoms with E-state index in [9.17, 15) is 0 Å². The quantitative estimate of drug-likeness (QED) is 0.824. The molecule has 1 aromatic carbocycles. The topological polar surface area (TPSA) is 50.9 Å². The molecule has 0 amide bonds. The van der Waals surface area contributed by atoms with Crippen molar-refractivity contribution >= 4 is 28.6 Å². The largest absolute Gasteiger partial charge is 0.398 e. The highest BCUT2D eigenvalue weighted by atomic mass is 35.5. The molecule has 2 aromatic rings. The van der Waals surface area contributed by atoms with Crippen LogP contribution in [0.15, 0.2) is 29.1 Å². The number of nitrogens with two attached hydrogens (primary N) is 1. The standard InChI is InChI=1S/C11H12ClN3S/c12-10-3-8(1-2-11(10)13)4-14-5-9-6-16-7-15-9/h1-3,6-7,14H,4-5,13H2. The molecular formula is C11H12ClN3S. The fraction of sp³-hybridized carbons (Fsp3) is 0.182. The summed E-state index contributed by atoms with van der Waals surface area (Å²) in [5.74, 6) is 0. The van der Waals surface area contributed by atoms with Gasteiger partial charge in [0.05, 0.1) is 21.9 Å². The number of aromatic nitrogens is 1. The van der Waals surface area contributed by atoms with Crippen molar-refractivity contribution in [3.63, 3.8) is 0 Å². The van der Waals surface area contributed by atoms with E-state index in [0.717, 1.165) is 24.3 Å². The van der Waals surface area contributed by atoms with Crippen LogP contribution in [-0.2, 0) is 13.1 Å². The smallest absolute Gasteiger partial charge is 0.0795 e. The van der Waals surface area contributed by atoms with Crippen LogP contribution in [0.3, 0.4) is 0 Å². The number of rotatable bonds is 4. The van der Waals surface area contributed by atoms with Gasteiger partial charge in [-0.15, -0.1) is 11.3 Å². The molecule has 0 saturated carbocycles. The fourth-order valence-electron chi connectivity index (χ4n) is 1.34. The average molecular weight is 254 g/mol. The van der Waals surface area contributed by atoms with Crippen molar-refractivity contribution < 1.29 is 0 Å². The molecule has 0 unspecified atom stereocenters. The maximum absolute atomic E-state index is 5.93. The minimum atomic E-state index is 0.605. The van der Waals surface area contributed by atoms with E-state index in [1.807, 2.05) is 29.1 Å². The Morgan fingerprint density at radius 2 is 2.25 bits per heavy atom. The number of hydrogen-bond donors (Lipinski definition) is 2. The van der Waals surface area contributed by atoms with Gasteiger partial charge in [-0.25, -0.2) is 4.98 Å². The van der Waals surface area contributed by atoms with E-state index in [1.165, 1.54) is 0 Å². The number of halogens is 1. The third kappa shape index (κ3) is 2.95. The SMILES string of the molecule is Nc1ccc(CNCc2cscn2)cc1Cl. The Hall–Kier alpha value is -1.10. The first kappa shape index (κ1) is 11.4. The molecule has 5 heteroatoms. The van der Waals surface area contributed by atoms with Crippen molar-refractivity contribution in [1.29, 1.82) is 0 Å². The lowest BCUT2D eigenvalue weighted by atomic mass is 10.2. The van der Waals surface area contributed by atoms with Crippen molar-refractivity contribution in [2.45, 2.75) is 13.1 Å². The van der Waals surface area contributed by atoms with Gasteiger partial charge in [0.2, 0.25) is 0 Å². The van der Waals surface area contributed by atoms with Crippen LogP contribution in [0.5, 0.6) is 0 Å². The molecule has 1 aromatic heterocycles. The number of anilines is 1. The van der Waals surface area contributed by atoms with Gasteiger partial charge in [0.15, 0.2) is 0 Å². The molecule has 16 heavy (non-hydrogen) atoms. The number of thiazole rings is 1. The molecule has 0 saturated heterocycles. The van der Waals surface area contributed by atoms with Gasteiger partial charge < -0.3 is 11.1 Å². The molecule has 0 bridgehead atoms. The van der Waals surface area contributed by atoms with Crippen LogP contribution in [-0.4, -0.2) is 4.98 Å². The van der Waals surface area contributed by atoms with E-state index < -0.39 is 0 Å². The average Bonchev–Trinajstić information content (AvgIpc) is 2.76. The number of nitrogen functional groups attached to an aromatic ring is 1. The summed E-state index contributed by atoms with van der Waals surface area (Å²) < 4.78 is 0. The van der Waals surface area contributed by atoms with Crippen molar-refractivity contribution in [3.8, 4) is 0 Å². The van der Waals surface area contributed by atoms with Crippen molar-refractivity contribution in [2.75, 3.05) is 5.73 Å². The van der Waals surface area contributed by atoms with Crippen LogP contribution < -0.4 is 11.1 Å². The monoisotopic (exact) mass is 253 g/mol. The Morgan fingerprint density at radius 1 is 1.38 bits per heavy atom. The van der Waals surface area contributed by atoms with Crippen molar-refractivity contribution in [3.05, 3.63) is 45.4 Å². The van der Waals surface area contributed by atoms with Crippen LogP contribution in [0, 0.1) is 0 Å². The number of nitrogens with zero attached hydrogens (tertiary/aromatic N) is 1. The van der Waals surface area contributed by atoms with E-state index in [-0.39, 0.29) is 0 Å². The van der Waals surface area contributed by atoms with Gasteiger partial charge in [0.25, 0.3) is 0 Å². The molecule has 2 rings (SSSR count). The van der Waals surface area contributed by atoms with Gasteiger partial charge in [-0.1, -0.05) is 17.7 Å². The Balaban J connectivity index is 1.87. The molecular weight excluding hydrogens is 242 g/mol. The van der Waals surface area contributed by atoms with E-state index in [1.54, 1.807) is 11.3 Å². The summed E-state index contributed by atoms with van der Waals surface area (Å²) >= 11 is 7.53. The summed E-state index contributed by atoms with van der Waals surface area (Å²) in [6.07, 6.45) is 0. The minimum absolute atomic E-state index is 0.605. The van der Waals surface area contributed by atoms with Gasteiger partial charge in [-0.2, -0.15) is 0 Å². The van der Waals surface area contributed by atoms with E-state index in [0.29, 0.717) is 10.7 Å². The van der Waals surface area contributed by atoms with Crippen LogP contribution >= 0.6 is 22.9 Å². The zero-order valence-corrected chi connectivity index (χ0v) is 10.2. The molecule has 1 heterocycles. The second kappa shape index (κ2) is 5.30. The second-order valence-electron chi connectivity index (χ2n) is 3.44. The Kier molecular flexibility index (Phi) is 3.77. The normalized spacial score (nSPS) is 10.6. The molecule has 0 atom stereocenters. The summed E-state index contributed by atoms with van der Waals surface area (Å²) in [5, 5.41) is 5.93. The van der Waals surface area contributed by atoms with E-state index >= 15 is 0 Å². The van der Waals surface area contributed by atoms with Crippen LogP contribution in [0.1, 0.15) is 11.3 Å². The lowest BCUT2D eigenvalue weighted by Crippen LogP contribution is -2.12. The van der Waals surface area contributed by atoms with Gasteiger partial charge in [0, 0.05) is 18.5 Å². The maximum atomic E-state index is 5.93. The molecule has 3 nitrogen and oxygen atoms in total. The highest BCUT2D eigenvalue weighted by Crippen LogP contribution is 2.19. The maximum Gasteiger partial charge on any atom is 0.0795 e. The van der Waals surface area contributed by atoms with E-state index in [2.05, 4.69) is 10.3 Å². The summed E-state index contributed by atoms with van der Waals surface area (Å²) in [6, 6.07) is 5.67. The van der Waals surface area contributed by atoms with E-state index in [4.69, 9.17) is 17.3 Å². The van der Waals surface area contributed by atoms with Gasteiger partial charge in [-0.05, 0) is 17.7 Å². The molecule has 0 aliphatic heterocycles. The third-order valence-electron chi connectivity index (χ3n) is 2.18. The van der Waals surface area contributed by atoms with Crippen molar-refractivity contribution in [2.24, 2.45) is 0 Å². The van der Waals surface area contributed by atoms with Crippen LogP contribution in [0.4, 0.5) is 5.69 Å². The molecule has 0 aliphatic carbocycles. The lowest BCUT2D eigenvalue weighted by Gasteiger charge is -2.05. The summed E-state index contributed by atoms with van der Waals surface area (Å²) in [6.45, 7) is 1.53. The van der Waals surface area contributed by atoms with Gasteiger partial charge in [0.1, 0.15) is 0 Å². The second-order valence-corrected chi connectivity index (χ2v) is 4.57. The highest BCUT2D eigenvalue weighted by molar-refractivity contribution is 7.07. The fourth-order valence-corrected chi connectivity index (χ4v) is 2.10. The molecule has 0 fully saturated rings. The Bertz CT molecular complexity index is 456. The predicted octanol–water partition coefficient (Wildman–Crippen LogP) is 2.67. The zero-order valence-electron chi connectivity index (χ0n) is 8.61. The number of nitrogens with one attached hydrogen (secondary N) is 1. The molecule has 0 radical (unpaired) electrons. The first-order valence-electron chi connectivity index (χ1n) is 4.87. The first-order valence-corrected chi connectivity index (χ1v) is 6.19. The van der Waals surface area contributed by atoms with Gasteiger partial charge >= 0.3 is 0 Å². The number of hydrogen-bond acceptors (Lipinski definition) is 4. The number of benzene rings is 1. The zero-order chi connectivity index (χ0) is 11.4. The van der Waals surface area contributed by atoms with Crippen molar-refractivity contribution in [1.82, 2.24) is 10.3 Å². The highest BCUT2D eigenvalue weighted by Gasteiger charge is 1.99. The summed E-state index contributed by atoms with van der Waals surface area (Å²) in [4.78, 5) is 4.19. The van der Waals surface area contributed by atoms with Gasteiger partial charge in [-0.3, -0.25) is 0 Å². The molecule has 84 valence electrons. The lowest BCUT2D eigenvalue weighted by molar-refractivity contribution is 0.683. The van der Waals surface area contributed by atoms with Crippen LogP contribution in [0.25, 0.3) is 0 Å². The Morgan fingerprint density at radius 3 is 2.94 bits per heavy atom. The third-order valence-corrected chi connectivity index (χ3v) is 3.15. The molecule has 0 spiro atoms. The predicted molar refractivity (Wildman–Crippen MR) is 68.5 cm³/mol. The summed E-state index contributed by atoms with van der Waals surface area (Å²) in [5.41, 5.74) is 10.3. The molecule has 3 N–H and O–H groups in total. The summed E-state index contributed by atoms with van der Waals surface area (Å²) in [7, 11) is 0. The van der Waals surface area contributed by atoms with Crippen LogP contribution in [0.2, 0.25) is 5.02 Å². The first-order chi connectivity index (χ1) is 7.75.